The number of sulfonamides is 1. The minimum absolute atomic E-state index is 0.0945. The van der Waals surface area contributed by atoms with Gasteiger partial charge in [0.05, 0.1) is 4.90 Å². The maximum absolute atomic E-state index is 12.6. The van der Waals surface area contributed by atoms with Gasteiger partial charge in [-0.25, -0.2) is 8.42 Å². The molecule has 0 saturated carbocycles. The highest BCUT2D eigenvalue weighted by molar-refractivity contribution is 7.89. The summed E-state index contributed by atoms with van der Waals surface area (Å²) in [6, 6.07) is 8.56. The van der Waals surface area contributed by atoms with Crippen LogP contribution in [0.15, 0.2) is 35.2 Å². The Morgan fingerprint density at radius 3 is 2.38 bits per heavy atom. The van der Waals surface area contributed by atoms with Crippen LogP contribution in [-0.2, 0) is 14.8 Å². The predicted octanol–water partition coefficient (Wildman–Crippen LogP) is 2.11. The summed E-state index contributed by atoms with van der Waals surface area (Å²) in [5.74, 6) is 0.440. The van der Waals surface area contributed by atoms with Crippen LogP contribution in [0.25, 0.3) is 0 Å². The lowest BCUT2D eigenvalue weighted by Gasteiger charge is -2.31. The monoisotopic (exact) mass is 381 g/mol. The van der Waals surface area contributed by atoms with Crippen LogP contribution < -0.4 is 11.1 Å². The maximum atomic E-state index is 12.6. The fraction of sp³-hybridized carbons (Fsp3) is 0.632. The Hall–Kier alpha value is -1.44. The average molecular weight is 382 g/mol. The Kier molecular flexibility index (Phi) is 8.54. The second kappa shape index (κ2) is 10.6. The molecule has 1 amide bonds. The van der Waals surface area contributed by atoms with Gasteiger partial charge in [-0.3, -0.25) is 4.79 Å². The molecule has 2 rings (SSSR count). The van der Waals surface area contributed by atoms with E-state index in [1.54, 1.807) is 28.6 Å². The van der Waals surface area contributed by atoms with Gasteiger partial charge in [0, 0.05) is 26.1 Å². The number of carbonyl (C=O) groups is 1. The van der Waals surface area contributed by atoms with Crippen LogP contribution in [0.5, 0.6) is 0 Å². The Labute approximate surface area is 157 Å². The van der Waals surface area contributed by atoms with Crippen LogP contribution in [-0.4, -0.2) is 44.8 Å². The molecule has 1 aromatic rings. The third-order valence-electron chi connectivity index (χ3n) is 4.90. The Morgan fingerprint density at radius 1 is 1.08 bits per heavy atom. The molecule has 0 radical (unpaired) electrons. The summed E-state index contributed by atoms with van der Waals surface area (Å²) in [5, 5.41) is 3.00. The number of unbranched alkanes of at least 4 members (excludes halogenated alkanes) is 3. The van der Waals surface area contributed by atoms with Crippen LogP contribution in [0, 0.1) is 5.92 Å². The molecule has 1 aliphatic heterocycles. The number of nitrogens with two attached hydrogens (primary N) is 1. The lowest BCUT2D eigenvalue weighted by atomic mass is 9.98. The molecule has 3 N–H and O–H groups in total. The standard InChI is InChI=1S/C19H31N3O3S/c20-13-7-2-1-6-10-19(23)21-16-17-11-14-22(15-12-17)26(24,25)18-8-4-3-5-9-18/h3-5,8-9,17H,1-2,6-7,10-16,20H2,(H,21,23). The molecule has 1 saturated heterocycles. The van der Waals surface area contributed by atoms with E-state index in [0.29, 0.717) is 43.4 Å². The highest BCUT2D eigenvalue weighted by Gasteiger charge is 2.29. The van der Waals surface area contributed by atoms with Crippen LogP contribution in [0.4, 0.5) is 0 Å². The van der Waals surface area contributed by atoms with Crippen LogP contribution >= 0.6 is 0 Å². The Morgan fingerprint density at radius 2 is 1.73 bits per heavy atom. The van der Waals surface area contributed by atoms with Gasteiger partial charge in [-0.05, 0) is 50.3 Å². The number of amides is 1. The van der Waals surface area contributed by atoms with Gasteiger partial charge in [0.2, 0.25) is 15.9 Å². The fourth-order valence-corrected chi connectivity index (χ4v) is 4.72. The van der Waals surface area contributed by atoms with E-state index in [0.717, 1.165) is 38.5 Å². The van der Waals surface area contributed by atoms with Crippen molar-refractivity contribution in [2.45, 2.75) is 49.8 Å². The first-order chi connectivity index (χ1) is 12.5. The third-order valence-corrected chi connectivity index (χ3v) is 6.81. The molecule has 1 heterocycles. The fourth-order valence-electron chi connectivity index (χ4n) is 3.23. The molecule has 1 aromatic carbocycles. The van der Waals surface area contributed by atoms with E-state index >= 15 is 0 Å². The van der Waals surface area contributed by atoms with Crippen molar-refractivity contribution in [1.29, 1.82) is 0 Å². The van der Waals surface area contributed by atoms with E-state index in [1.165, 1.54) is 0 Å². The summed E-state index contributed by atoms with van der Waals surface area (Å²) < 4.78 is 26.8. The van der Waals surface area contributed by atoms with Crippen molar-refractivity contribution >= 4 is 15.9 Å². The molecule has 0 aromatic heterocycles. The van der Waals surface area contributed by atoms with Gasteiger partial charge < -0.3 is 11.1 Å². The molecule has 0 atom stereocenters. The van der Waals surface area contributed by atoms with Gasteiger partial charge in [0.25, 0.3) is 0 Å². The highest BCUT2D eigenvalue weighted by atomic mass is 32.2. The minimum Gasteiger partial charge on any atom is -0.356 e. The number of piperidine rings is 1. The molecule has 0 spiro atoms. The zero-order valence-corrected chi connectivity index (χ0v) is 16.2. The molecule has 7 heteroatoms. The number of rotatable bonds is 10. The Balaban J connectivity index is 1.68. The quantitative estimate of drug-likeness (QED) is 0.607. The van der Waals surface area contributed by atoms with Crippen LogP contribution in [0.2, 0.25) is 0 Å². The normalized spacial score (nSPS) is 16.5. The number of hydrogen-bond acceptors (Lipinski definition) is 4. The van der Waals surface area contributed by atoms with Crippen molar-refractivity contribution in [3.63, 3.8) is 0 Å². The molecule has 0 aliphatic carbocycles. The average Bonchev–Trinajstić information content (AvgIpc) is 2.67. The van der Waals surface area contributed by atoms with Gasteiger partial charge >= 0.3 is 0 Å². The molecule has 0 unspecified atom stereocenters. The summed E-state index contributed by atoms with van der Waals surface area (Å²) in [7, 11) is -3.40. The number of benzene rings is 1. The van der Waals surface area contributed by atoms with Gasteiger partial charge in [-0.15, -0.1) is 0 Å². The minimum atomic E-state index is -3.40. The second-order valence-electron chi connectivity index (χ2n) is 6.92. The van der Waals surface area contributed by atoms with Gasteiger partial charge in [-0.2, -0.15) is 4.31 Å². The van der Waals surface area contributed by atoms with E-state index in [9.17, 15) is 13.2 Å². The zero-order valence-electron chi connectivity index (χ0n) is 15.4. The first-order valence-corrected chi connectivity index (χ1v) is 11.0. The van der Waals surface area contributed by atoms with Crippen molar-refractivity contribution in [2.75, 3.05) is 26.2 Å². The summed E-state index contributed by atoms with van der Waals surface area (Å²) in [5.41, 5.74) is 5.45. The van der Waals surface area contributed by atoms with Crippen molar-refractivity contribution < 1.29 is 13.2 Å². The molecule has 26 heavy (non-hydrogen) atoms. The van der Waals surface area contributed by atoms with E-state index in [4.69, 9.17) is 5.73 Å². The largest absolute Gasteiger partial charge is 0.356 e. The first kappa shape index (κ1) is 20.9. The molecule has 6 nitrogen and oxygen atoms in total. The topological polar surface area (TPSA) is 92.5 Å². The molecule has 0 bridgehead atoms. The molecule has 1 fully saturated rings. The summed E-state index contributed by atoms with van der Waals surface area (Å²) >= 11 is 0. The molecular formula is C19H31N3O3S. The van der Waals surface area contributed by atoms with Crippen LogP contribution in [0.1, 0.15) is 44.9 Å². The number of nitrogens with zero attached hydrogens (tertiary/aromatic N) is 1. The summed E-state index contributed by atoms with van der Waals surface area (Å²) in [6.45, 7) is 2.37. The van der Waals surface area contributed by atoms with E-state index in [-0.39, 0.29) is 5.91 Å². The maximum Gasteiger partial charge on any atom is 0.243 e. The highest BCUT2D eigenvalue weighted by Crippen LogP contribution is 2.23. The third kappa shape index (κ3) is 6.37. The molecular weight excluding hydrogens is 350 g/mol. The van der Waals surface area contributed by atoms with Gasteiger partial charge in [-0.1, -0.05) is 31.0 Å². The summed E-state index contributed by atoms with van der Waals surface area (Å²) in [6.07, 6.45) is 6.17. The van der Waals surface area contributed by atoms with E-state index < -0.39 is 10.0 Å². The van der Waals surface area contributed by atoms with Gasteiger partial charge in [0.15, 0.2) is 0 Å². The Bertz CT molecular complexity index is 641. The van der Waals surface area contributed by atoms with E-state index in [2.05, 4.69) is 5.32 Å². The SMILES string of the molecule is NCCCCCCC(=O)NCC1CCN(S(=O)(=O)c2ccccc2)CC1. The molecule has 1 aliphatic rings. The van der Waals surface area contributed by atoms with Crippen LogP contribution in [0.3, 0.4) is 0 Å². The van der Waals surface area contributed by atoms with Crippen molar-refractivity contribution in [1.82, 2.24) is 9.62 Å². The number of carbonyl (C=O) groups excluding carboxylic acids is 1. The first-order valence-electron chi connectivity index (χ1n) is 9.56. The lowest BCUT2D eigenvalue weighted by Crippen LogP contribution is -2.41. The second-order valence-corrected chi connectivity index (χ2v) is 8.86. The zero-order chi connectivity index (χ0) is 18.8. The van der Waals surface area contributed by atoms with Crippen molar-refractivity contribution in [3.8, 4) is 0 Å². The predicted molar refractivity (Wildman–Crippen MR) is 103 cm³/mol. The molecule has 146 valence electrons. The van der Waals surface area contributed by atoms with Crippen molar-refractivity contribution in [3.05, 3.63) is 30.3 Å². The smallest absolute Gasteiger partial charge is 0.243 e. The van der Waals surface area contributed by atoms with Gasteiger partial charge in [0.1, 0.15) is 0 Å². The number of hydrogen-bond donors (Lipinski definition) is 2. The summed E-state index contributed by atoms with van der Waals surface area (Å²) in [4.78, 5) is 12.2. The van der Waals surface area contributed by atoms with E-state index in [1.807, 2.05) is 6.07 Å². The van der Waals surface area contributed by atoms with Crippen molar-refractivity contribution in [2.24, 2.45) is 11.7 Å². The lowest BCUT2D eigenvalue weighted by molar-refractivity contribution is -0.121. The number of nitrogens with one attached hydrogen (secondary N) is 1.